The lowest BCUT2D eigenvalue weighted by atomic mass is 10.2. The Morgan fingerprint density at radius 2 is 1.94 bits per heavy atom. The molecule has 0 radical (unpaired) electrons. The first kappa shape index (κ1) is 20.4. The van der Waals surface area contributed by atoms with E-state index in [1.165, 1.54) is 6.21 Å². The van der Waals surface area contributed by atoms with E-state index >= 15 is 0 Å². The molecule has 1 amide bonds. The molecule has 0 saturated carbocycles. The fourth-order valence-electron chi connectivity index (χ4n) is 3.17. The SMILES string of the molecule is COc1cccc(/C=N/NC(=O)c2ccc3nc(-c4ccccc4Cl)[nH]c3c2)c1OC. The van der Waals surface area contributed by atoms with E-state index in [4.69, 9.17) is 21.1 Å². The molecular weight excluding hydrogens is 416 g/mol. The topological polar surface area (TPSA) is 88.6 Å². The maximum Gasteiger partial charge on any atom is 0.271 e. The Labute approximate surface area is 183 Å². The van der Waals surface area contributed by atoms with Gasteiger partial charge in [0.1, 0.15) is 5.82 Å². The van der Waals surface area contributed by atoms with Crippen LogP contribution in [0, 0.1) is 0 Å². The average molecular weight is 435 g/mol. The molecule has 0 aliphatic heterocycles. The van der Waals surface area contributed by atoms with Crippen LogP contribution in [0.3, 0.4) is 0 Å². The van der Waals surface area contributed by atoms with Crippen molar-refractivity contribution in [3.8, 4) is 22.9 Å². The van der Waals surface area contributed by atoms with E-state index in [1.807, 2.05) is 30.3 Å². The molecular formula is C23H19ClN4O3. The Balaban J connectivity index is 1.53. The van der Waals surface area contributed by atoms with E-state index < -0.39 is 0 Å². The molecule has 0 spiro atoms. The molecule has 3 aromatic carbocycles. The molecule has 0 bridgehead atoms. The quantitative estimate of drug-likeness (QED) is 0.341. The minimum Gasteiger partial charge on any atom is -0.493 e. The van der Waals surface area contributed by atoms with Gasteiger partial charge in [-0.2, -0.15) is 5.10 Å². The van der Waals surface area contributed by atoms with Crippen molar-refractivity contribution < 1.29 is 14.3 Å². The van der Waals surface area contributed by atoms with Crippen LogP contribution in [0.25, 0.3) is 22.4 Å². The van der Waals surface area contributed by atoms with Crippen molar-refractivity contribution >= 4 is 34.8 Å². The van der Waals surface area contributed by atoms with Crippen molar-refractivity contribution in [2.24, 2.45) is 5.10 Å². The Hall–Kier alpha value is -3.84. The van der Waals surface area contributed by atoms with Gasteiger partial charge in [0.2, 0.25) is 0 Å². The van der Waals surface area contributed by atoms with Crippen LogP contribution in [0.1, 0.15) is 15.9 Å². The Morgan fingerprint density at radius 3 is 2.71 bits per heavy atom. The summed E-state index contributed by atoms with van der Waals surface area (Å²) >= 11 is 6.26. The lowest BCUT2D eigenvalue weighted by Gasteiger charge is -2.09. The number of aromatic amines is 1. The van der Waals surface area contributed by atoms with Crippen molar-refractivity contribution in [3.63, 3.8) is 0 Å². The van der Waals surface area contributed by atoms with Crippen LogP contribution in [0.5, 0.6) is 11.5 Å². The minimum absolute atomic E-state index is 0.353. The summed E-state index contributed by atoms with van der Waals surface area (Å²) in [5.41, 5.74) is 5.90. The van der Waals surface area contributed by atoms with E-state index in [1.54, 1.807) is 44.6 Å². The maximum atomic E-state index is 12.6. The lowest BCUT2D eigenvalue weighted by Crippen LogP contribution is -2.17. The summed E-state index contributed by atoms with van der Waals surface area (Å²) in [7, 11) is 3.10. The summed E-state index contributed by atoms with van der Waals surface area (Å²) in [6.45, 7) is 0. The third-order valence-electron chi connectivity index (χ3n) is 4.68. The molecule has 156 valence electrons. The number of benzene rings is 3. The number of carbonyl (C=O) groups excluding carboxylic acids is 1. The standard InChI is InChI=1S/C23H19ClN4O3/c1-30-20-9-5-6-15(21(20)31-2)13-25-28-23(29)14-10-11-18-19(12-14)27-22(26-18)16-7-3-4-8-17(16)24/h3-13H,1-2H3,(H,26,27)(H,28,29)/b25-13+. The number of hydrogen-bond donors (Lipinski definition) is 2. The summed E-state index contributed by atoms with van der Waals surface area (Å²) in [4.78, 5) is 20.3. The summed E-state index contributed by atoms with van der Waals surface area (Å²) in [5.74, 6) is 1.40. The highest BCUT2D eigenvalue weighted by Crippen LogP contribution is 2.29. The first-order valence-electron chi connectivity index (χ1n) is 9.39. The van der Waals surface area contributed by atoms with Gasteiger partial charge in [-0.25, -0.2) is 10.4 Å². The zero-order valence-corrected chi connectivity index (χ0v) is 17.6. The molecule has 4 aromatic rings. The summed E-state index contributed by atoms with van der Waals surface area (Å²) in [6.07, 6.45) is 1.50. The number of aromatic nitrogens is 2. The van der Waals surface area contributed by atoms with Crippen molar-refractivity contribution in [1.29, 1.82) is 0 Å². The van der Waals surface area contributed by atoms with Crippen molar-refractivity contribution in [2.75, 3.05) is 14.2 Å². The summed E-state index contributed by atoms with van der Waals surface area (Å²) in [6, 6.07) is 18.0. The fourth-order valence-corrected chi connectivity index (χ4v) is 3.40. The monoisotopic (exact) mass is 434 g/mol. The van der Waals surface area contributed by atoms with Gasteiger partial charge in [-0.15, -0.1) is 0 Å². The molecule has 7 nitrogen and oxygen atoms in total. The van der Waals surface area contributed by atoms with Crippen LogP contribution in [0.15, 0.2) is 65.8 Å². The number of nitrogens with zero attached hydrogens (tertiary/aromatic N) is 2. The number of amides is 1. The van der Waals surface area contributed by atoms with Gasteiger partial charge in [-0.05, 0) is 42.5 Å². The van der Waals surface area contributed by atoms with Gasteiger partial charge in [0.05, 0.1) is 36.5 Å². The third kappa shape index (κ3) is 4.22. The Morgan fingerprint density at radius 1 is 1.10 bits per heavy atom. The van der Waals surface area contributed by atoms with Gasteiger partial charge in [0.25, 0.3) is 5.91 Å². The molecule has 0 aliphatic rings. The predicted octanol–water partition coefficient (Wildman–Crippen LogP) is 4.66. The van der Waals surface area contributed by atoms with E-state index in [9.17, 15) is 4.79 Å². The smallest absolute Gasteiger partial charge is 0.271 e. The van der Waals surface area contributed by atoms with Crippen LogP contribution < -0.4 is 14.9 Å². The van der Waals surface area contributed by atoms with Crippen molar-refractivity contribution in [2.45, 2.75) is 0 Å². The molecule has 0 aliphatic carbocycles. The molecule has 1 heterocycles. The predicted molar refractivity (Wildman–Crippen MR) is 121 cm³/mol. The highest BCUT2D eigenvalue weighted by Gasteiger charge is 2.12. The van der Waals surface area contributed by atoms with Crippen LogP contribution in [0.2, 0.25) is 5.02 Å². The van der Waals surface area contributed by atoms with Gasteiger partial charge in [0.15, 0.2) is 11.5 Å². The number of ether oxygens (including phenoxy) is 2. The van der Waals surface area contributed by atoms with Gasteiger partial charge >= 0.3 is 0 Å². The number of carbonyl (C=O) groups is 1. The maximum absolute atomic E-state index is 12.6. The zero-order chi connectivity index (χ0) is 21.8. The molecule has 0 atom stereocenters. The highest BCUT2D eigenvalue weighted by atomic mass is 35.5. The summed E-state index contributed by atoms with van der Waals surface area (Å²) < 4.78 is 10.6. The lowest BCUT2D eigenvalue weighted by molar-refractivity contribution is 0.0955. The second-order valence-corrected chi connectivity index (χ2v) is 6.99. The van der Waals surface area contributed by atoms with Crippen molar-refractivity contribution in [1.82, 2.24) is 15.4 Å². The second-order valence-electron chi connectivity index (χ2n) is 6.58. The van der Waals surface area contributed by atoms with Gasteiger partial charge in [-0.3, -0.25) is 4.79 Å². The molecule has 4 rings (SSSR count). The number of halogens is 1. The third-order valence-corrected chi connectivity index (χ3v) is 5.01. The number of para-hydroxylation sites is 1. The zero-order valence-electron chi connectivity index (χ0n) is 16.8. The molecule has 0 saturated heterocycles. The Bertz CT molecular complexity index is 1280. The largest absolute Gasteiger partial charge is 0.493 e. The van der Waals surface area contributed by atoms with Crippen LogP contribution in [0.4, 0.5) is 0 Å². The number of H-pyrrole nitrogens is 1. The molecule has 8 heteroatoms. The van der Waals surface area contributed by atoms with Gasteiger partial charge < -0.3 is 14.5 Å². The fraction of sp³-hybridized carbons (Fsp3) is 0.0870. The number of rotatable bonds is 6. The van der Waals surface area contributed by atoms with Crippen LogP contribution in [-0.2, 0) is 0 Å². The van der Waals surface area contributed by atoms with Crippen molar-refractivity contribution in [3.05, 3.63) is 76.8 Å². The van der Waals surface area contributed by atoms with E-state index in [0.29, 0.717) is 33.5 Å². The summed E-state index contributed by atoms with van der Waals surface area (Å²) in [5, 5.41) is 4.64. The minimum atomic E-state index is -0.353. The van der Waals surface area contributed by atoms with E-state index in [-0.39, 0.29) is 5.91 Å². The molecule has 31 heavy (non-hydrogen) atoms. The van der Waals surface area contributed by atoms with Gasteiger partial charge in [0, 0.05) is 16.7 Å². The van der Waals surface area contributed by atoms with Gasteiger partial charge in [-0.1, -0.05) is 29.8 Å². The van der Waals surface area contributed by atoms with Crippen LogP contribution in [-0.4, -0.2) is 36.3 Å². The van der Waals surface area contributed by atoms with E-state index in [0.717, 1.165) is 16.6 Å². The number of hydrogen-bond acceptors (Lipinski definition) is 5. The molecule has 0 fully saturated rings. The second kappa shape index (κ2) is 8.89. The first-order chi connectivity index (χ1) is 15.1. The first-order valence-corrected chi connectivity index (χ1v) is 9.77. The highest BCUT2D eigenvalue weighted by molar-refractivity contribution is 6.33. The number of nitrogens with one attached hydrogen (secondary N) is 2. The molecule has 2 N–H and O–H groups in total. The van der Waals surface area contributed by atoms with E-state index in [2.05, 4.69) is 20.5 Å². The number of methoxy groups -OCH3 is 2. The average Bonchev–Trinajstić information content (AvgIpc) is 3.22. The normalized spacial score (nSPS) is 11.1. The molecule has 0 unspecified atom stereocenters. The Kier molecular flexibility index (Phi) is 5.86. The molecule has 1 aromatic heterocycles. The van der Waals surface area contributed by atoms with Crippen LogP contribution >= 0.6 is 11.6 Å². The number of imidazole rings is 1. The number of hydrazone groups is 1. The number of fused-ring (bicyclic) bond motifs is 1.